The summed E-state index contributed by atoms with van der Waals surface area (Å²) in [6.07, 6.45) is -3.73. The van der Waals surface area contributed by atoms with E-state index in [1.54, 1.807) is 35.8 Å². The highest BCUT2D eigenvalue weighted by atomic mass is 19.4. The van der Waals surface area contributed by atoms with Crippen molar-refractivity contribution in [3.05, 3.63) is 70.3 Å². The average Bonchev–Trinajstić information content (AvgIpc) is 3.09. The van der Waals surface area contributed by atoms with Crippen molar-refractivity contribution in [2.75, 3.05) is 0 Å². The number of aromatic nitrogens is 5. The first-order valence-corrected chi connectivity index (χ1v) is 11.0. The molecule has 0 radical (unpaired) electrons. The van der Waals surface area contributed by atoms with E-state index in [-0.39, 0.29) is 22.3 Å². The molecule has 0 unspecified atom stereocenters. The largest absolute Gasteiger partial charge is 0.416 e. The molecule has 0 aliphatic carbocycles. The normalized spacial score (nSPS) is 12.4. The molecule has 0 saturated carbocycles. The molecular weight excluding hydrogens is 443 g/mol. The molecule has 0 N–H and O–H groups in total. The summed E-state index contributed by atoms with van der Waals surface area (Å²) < 4.78 is 43.5. The van der Waals surface area contributed by atoms with Crippen molar-refractivity contribution in [2.45, 2.75) is 39.9 Å². The summed E-state index contributed by atoms with van der Waals surface area (Å²) in [5.41, 5.74) is 1.16. The summed E-state index contributed by atoms with van der Waals surface area (Å²) in [6, 6.07) is 12.1. The van der Waals surface area contributed by atoms with Gasteiger partial charge >= 0.3 is 6.18 Å². The van der Waals surface area contributed by atoms with Crippen LogP contribution in [0, 0.1) is 12.8 Å². The molecule has 0 aliphatic rings. The molecule has 174 valence electrons. The minimum Gasteiger partial charge on any atom is -0.296 e. The fourth-order valence-corrected chi connectivity index (χ4v) is 4.15. The van der Waals surface area contributed by atoms with Gasteiger partial charge in [0.2, 0.25) is 0 Å². The highest BCUT2D eigenvalue weighted by Crippen LogP contribution is 2.33. The minimum atomic E-state index is -4.51. The van der Waals surface area contributed by atoms with E-state index >= 15 is 0 Å². The van der Waals surface area contributed by atoms with E-state index in [0.29, 0.717) is 40.5 Å². The third-order valence-corrected chi connectivity index (χ3v) is 5.92. The number of fused-ring (bicyclic) bond motifs is 4. The van der Waals surface area contributed by atoms with E-state index < -0.39 is 11.7 Å². The quantitative estimate of drug-likeness (QED) is 0.344. The molecule has 6 nitrogen and oxygen atoms in total. The Morgan fingerprint density at radius 1 is 0.941 bits per heavy atom. The van der Waals surface area contributed by atoms with Gasteiger partial charge in [0.05, 0.1) is 16.6 Å². The smallest absolute Gasteiger partial charge is 0.296 e. The number of aryl methyl sites for hydroxylation is 1. The van der Waals surface area contributed by atoms with Gasteiger partial charge in [-0.25, -0.2) is 15.0 Å². The van der Waals surface area contributed by atoms with Crippen molar-refractivity contribution in [3.63, 3.8) is 0 Å². The standard InChI is InChI=1S/C25H22F3N5O/c1-14(2)11-12-32-15(3)29-22-20(24(32)34)21-23(31-19-10-5-4-9-18(19)30-21)33(22)17-8-6-7-16(13-17)25(26,27)28/h4-10,13-14H,11-12H2,1-3H3. The Kier molecular flexibility index (Phi) is 5.15. The molecule has 5 rings (SSSR count). The summed E-state index contributed by atoms with van der Waals surface area (Å²) in [7, 11) is 0. The van der Waals surface area contributed by atoms with E-state index in [4.69, 9.17) is 4.98 Å². The summed E-state index contributed by atoms with van der Waals surface area (Å²) in [6.45, 7) is 6.36. The molecular formula is C25H22F3N5O. The number of hydrogen-bond donors (Lipinski definition) is 0. The molecule has 0 bridgehead atoms. The Labute approximate surface area is 192 Å². The van der Waals surface area contributed by atoms with Crippen molar-refractivity contribution in [3.8, 4) is 5.69 Å². The fraction of sp³-hybridized carbons (Fsp3) is 0.280. The van der Waals surface area contributed by atoms with Crippen LogP contribution in [0.1, 0.15) is 31.7 Å². The number of rotatable bonds is 4. The van der Waals surface area contributed by atoms with E-state index in [2.05, 4.69) is 23.8 Å². The first-order chi connectivity index (χ1) is 16.1. The Balaban J connectivity index is 1.91. The Hall–Kier alpha value is -3.75. The van der Waals surface area contributed by atoms with Gasteiger partial charge in [0.1, 0.15) is 16.7 Å². The highest BCUT2D eigenvalue weighted by molar-refractivity contribution is 6.05. The van der Waals surface area contributed by atoms with Crippen molar-refractivity contribution < 1.29 is 13.2 Å². The lowest BCUT2D eigenvalue weighted by atomic mass is 10.1. The van der Waals surface area contributed by atoms with Crippen LogP contribution in [-0.4, -0.2) is 24.1 Å². The Morgan fingerprint density at radius 2 is 1.65 bits per heavy atom. The second-order valence-electron chi connectivity index (χ2n) is 8.76. The average molecular weight is 465 g/mol. The summed E-state index contributed by atoms with van der Waals surface area (Å²) in [5, 5.41) is 0.250. The number of alkyl halides is 3. The lowest BCUT2D eigenvalue weighted by Gasteiger charge is -2.13. The maximum absolute atomic E-state index is 13.6. The second-order valence-corrected chi connectivity index (χ2v) is 8.76. The van der Waals surface area contributed by atoms with Crippen molar-refractivity contribution >= 4 is 33.2 Å². The van der Waals surface area contributed by atoms with Gasteiger partial charge in [0.25, 0.3) is 5.56 Å². The van der Waals surface area contributed by atoms with E-state index in [9.17, 15) is 18.0 Å². The number of hydrogen-bond acceptors (Lipinski definition) is 4. The van der Waals surface area contributed by atoms with Crippen LogP contribution in [0.5, 0.6) is 0 Å². The molecule has 5 aromatic rings. The van der Waals surface area contributed by atoms with Crippen molar-refractivity contribution in [1.82, 2.24) is 24.1 Å². The van der Waals surface area contributed by atoms with Gasteiger partial charge in [-0.05, 0) is 49.6 Å². The lowest BCUT2D eigenvalue weighted by Crippen LogP contribution is -2.24. The summed E-state index contributed by atoms with van der Waals surface area (Å²) in [4.78, 5) is 27.7. The van der Waals surface area contributed by atoms with Crippen LogP contribution < -0.4 is 5.56 Å². The van der Waals surface area contributed by atoms with Crippen LogP contribution >= 0.6 is 0 Å². The van der Waals surface area contributed by atoms with Crippen LogP contribution in [0.15, 0.2) is 53.3 Å². The van der Waals surface area contributed by atoms with Crippen molar-refractivity contribution in [2.24, 2.45) is 5.92 Å². The Morgan fingerprint density at radius 3 is 2.32 bits per heavy atom. The van der Waals surface area contributed by atoms with Crippen LogP contribution in [0.4, 0.5) is 13.2 Å². The summed E-state index contributed by atoms with van der Waals surface area (Å²) in [5.74, 6) is 0.871. The van der Waals surface area contributed by atoms with Gasteiger partial charge in [-0.1, -0.05) is 32.0 Å². The summed E-state index contributed by atoms with van der Waals surface area (Å²) >= 11 is 0. The van der Waals surface area contributed by atoms with Crippen LogP contribution in [0.3, 0.4) is 0 Å². The fourth-order valence-electron chi connectivity index (χ4n) is 4.15. The maximum atomic E-state index is 13.6. The zero-order valence-electron chi connectivity index (χ0n) is 18.9. The zero-order chi connectivity index (χ0) is 24.2. The first kappa shape index (κ1) is 22.1. The SMILES string of the molecule is Cc1nc2c(c(=O)n1CCC(C)C)c1nc3ccccc3nc1n2-c1cccc(C(F)(F)F)c1. The van der Waals surface area contributed by atoms with E-state index in [1.807, 2.05) is 6.07 Å². The predicted octanol–water partition coefficient (Wildman–Crippen LogP) is 5.66. The van der Waals surface area contributed by atoms with Gasteiger partial charge in [0.15, 0.2) is 11.3 Å². The van der Waals surface area contributed by atoms with Crippen molar-refractivity contribution in [1.29, 1.82) is 0 Å². The molecule has 0 amide bonds. The predicted molar refractivity (Wildman–Crippen MR) is 125 cm³/mol. The van der Waals surface area contributed by atoms with Crippen LogP contribution in [0.2, 0.25) is 0 Å². The van der Waals surface area contributed by atoms with Crippen LogP contribution in [-0.2, 0) is 12.7 Å². The van der Waals surface area contributed by atoms with Gasteiger partial charge in [-0.15, -0.1) is 0 Å². The number of para-hydroxylation sites is 2. The minimum absolute atomic E-state index is 0.214. The molecule has 2 aromatic carbocycles. The third kappa shape index (κ3) is 3.61. The molecule has 9 heteroatoms. The molecule has 3 heterocycles. The zero-order valence-corrected chi connectivity index (χ0v) is 18.9. The molecule has 3 aromatic heterocycles. The first-order valence-electron chi connectivity index (χ1n) is 11.0. The molecule has 0 saturated heterocycles. The number of benzene rings is 2. The molecule has 0 fully saturated rings. The monoisotopic (exact) mass is 465 g/mol. The van der Waals surface area contributed by atoms with Gasteiger partial charge in [-0.3, -0.25) is 13.9 Å². The highest BCUT2D eigenvalue weighted by Gasteiger charge is 2.31. The van der Waals surface area contributed by atoms with Gasteiger partial charge in [0, 0.05) is 12.2 Å². The van der Waals surface area contributed by atoms with Crippen LogP contribution in [0.25, 0.3) is 38.9 Å². The third-order valence-electron chi connectivity index (χ3n) is 5.92. The maximum Gasteiger partial charge on any atom is 0.416 e. The second kappa shape index (κ2) is 7.93. The van der Waals surface area contributed by atoms with E-state index in [0.717, 1.165) is 18.6 Å². The molecule has 0 spiro atoms. The lowest BCUT2D eigenvalue weighted by molar-refractivity contribution is -0.137. The van der Waals surface area contributed by atoms with E-state index in [1.165, 1.54) is 10.6 Å². The molecule has 34 heavy (non-hydrogen) atoms. The number of halogens is 3. The topological polar surface area (TPSA) is 65.6 Å². The van der Waals surface area contributed by atoms with Gasteiger partial charge < -0.3 is 0 Å². The molecule has 0 atom stereocenters. The van der Waals surface area contributed by atoms with Gasteiger partial charge in [-0.2, -0.15) is 13.2 Å². The Bertz CT molecular complexity index is 1620. The molecule has 0 aliphatic heterocycles. The number of nitrogens with zero attached hydrogens (tertiary/aromatic N) is 5.